The van der Waals surface area contributed by atoms with Gasteiger partial charge in [-0.15, -0.1) is 13.2 Å². The molecule has 0 amide bonds. The van der Waals surface area contributed by atoms with Gasteiger partial charge in [-0.2, -0.15) is 0 Å². The van der Waals surface area contributed by atoms with Crippen LogP contribution in [0.5, 0.6) is 0 Å². The van der Waals surface area contributed by atoms with Crippen LogP contribution in [-0.4, -0.2) is 0 Å². The van der Waals surface area contributed by atoms with Crippen molar-refractivity contribution in [1.82, 2.24) is 0 Å². The van der Waals surface area contributed by atoms with Crippen molar-refractivity contribution in [2.45, 2.75) is 44.5 Å². The SMILES string of the molecule is CCCCCCc1cc2ccccc2[s+]1C(F)(F)F. The van der Waals surface area contributed by atoms with Gasteiger partial charge in [0.2, 0.25) is 0 Å². The van der Waals surface area contributed by atoms with Crippen LogP contribution in [0.4, 0.5) is 13.2 Å². The van der Waals surface area contributed by atoms with E-state index in [-0.39, 0.29) is 0 Å². The minimum atomic E-state index is -4.15. The first-order chi connectivity index (χ1) is 9.04. The number of fused-ring (bicyclic) bond motifs is 1. The largest absolute Gasteiger partial charge is 0.600 e. The first-order valence-electron chi connectivity index (χ1n) is 6.64. The number of hydrogen-bond acceptors (Lipinski definition) is 0. The Balaban J connectivity index is 2.31. The van der Waals surface area contributed by atoms with Crippen molar-refractivity contribution in [2.75, 3.05) is 0 Å². The highest BCUT2D eigenvalue weighted by Gasteiger charge is 2.47. The van der Waals surface area contributed by atoms with E-state index in [0.29, 0.717) is 16.0 Å². The monoisotopic (exact) mass is 287 g/mol. The minimum Gasteiger partial charge on any atom is -0.118 e. The fraction of sp³-hybridized carbons (Fsp3) is 0.467. The number of halogens is 3. The van der Waals surface area contributed by atoms with Crippen LogP contribution in [0.2, 0.25) is 0 Å². The summed E-state index contributed by atoms with van der Waals surface area (Å²) in [6.07, 6.45) is 4.63. The molecule has 2 rings (SSSR count). The molecule has 0 N–H and O–H groups in total. The zero-order valence-corrected chi connectivity index (χ0v) is 11.8. The number of hydrogen-bond donors (Lipinski definition) is 0. The highest BCUT2D eigenvalue weighted by atomic mass is 32.2. The molecule has 0 bridgehead atoms. The van der Waals surface area contributed by atoms with E-state index >= 15 is 0 Å². The molecular formula is C15H18F3S+. The number of benzene rings is 1. The molecule has 19 heavy (non-hydrogen) atoms. The van der Waals surface area contributed by atoms with E-state index in [1.807, 2.05) is 0 Å². The van der Waals surface area contributed by atoms with Gasteiger partial charge in [0.15, 0.2) is 9.58 Å². The lowest BCUT2D eigenvalue weighted by molar-refractivity contribution is -0.0867. The summed E-state index contributed by atoms with van der Waals surface area (Å²) in [5, 5.41) is 0.744. The molecule has 104 valence electrons. The van der Waals surface area contributed by atoms with Crippen LogP contribution in [0.1, 0.15) is 37.5 Å². The summed E-state index contributed by atoms with van der Waals surface area (Å²) in [6, 6.07) is 8.63. The topological polar surface area (TPSA) is 0 Å². The molecule has 0 aliphatic heterocycles. The van der Waals surface area contributed by atoms with E-state index in [4.69, 9.17) is 0 Å². The molecule has 0 saturated carbocycles. The average Bonchev–Trinajstić information content (AvgIpc) is 2.72. The molecule has 1 heterocycles. The highest BCUT2D eigenvalue weighted by Crippen LogP contribution is 2.51. The lowest BCUT2D eigenvalue weighted by atomic mass is 10.1. The van der Waals surface area contributed by atoms with Crippen molar-refractivity contribution in [2.24, 2.45) is 0 Å². The van der Waals surface area contributed by atoms with Crippen LogP contribution in [0.15, 0.2) is 30.3 Å². The Labute approximate surface area is 114 Å². The predicted molar refractivity (Wildman–Crippen MR) is 75.6 cm³/mol. The van der Waals surface area contributed by atoms with Crippen molar-refractivity contribution < 1.29 is 13.2 Å². The summed E-state index contributed by atoms with van der Waals surface area (Å²) in [5.41, 5.74) is -4.15. The van der Waals surface area contributed by atoms with Gasteiger partial charge in [-0.05, 0) is 18.6 Å². The normalized spacial score (nSPS) is 13.2. The molecule has 1 atom stereocenters. The Morgan fingerprint density at radius 3 is 2.47 bits per heavy atom. The first kappa shape index (κ1) is 14.4. The number of alkyl halides is 3. The Morgan fingerprint density at radius 2 is 1.79 bits per heavy atom. The number of aryl methyl sites for hydroxylation is 1. The summed E-state index contributed by atoms with van der Waals surface area (Å²) < 4.78 is 40.2. The molecular weight excluding hydrogens is 269 g/mol. The molecule has 2 aromatic rings. The third kappa shape index (κ3) is 3.30. The van der Waals surface area contributed by atoms with Crippen molar-refractivity contribution in [3.8, 4) is 0 Å². The summed E-state index contributed by atoms with van der Waals surface area (Å²) in [5.74, 6) is 0. The Hall–Kier alpha value is -1.03. The lowest BCUT2D eigenvalue weighted by Crippen LogP contribution is -1.98. The predicted octanol–water partition coefficient (Wildman–Crippen LogP) is 6.19. The van der Waals surface area contributed by atoms with Crippen molar-refractivity contribution in [3.63, 3.8) is 0 Å². The fourth-order valence-corrected chi connectivity index (χ4v) is 4.33. The maximum Gasteiger partial charge on any atom is 0.600 e. The molecule has 0 fully saturated rings. The van der Waals surface area contributed by atoms with Gasteiger partial charge in [0.05, 0.1) is 10.5 Å². The summed E-state index contributed by atoms with van der Waals surface area (Å²) >= 11 is 0. The van der Waals surface area contributed by atoms with Crippen LogP contribution in [0.25, 0.3) is 10.1 Å². The molecule has 1 unspecified atom stereocenters. The first-order valence-corrected chi connectivity index (χ1v) is 7.87. The van der Waals surface area contributed by atoms with E-state index in [0.717, 1.165) is 31.1 Å². The second-order valence-corrected chi connectivity index (χ2v) is 6.75. The molecule has 1 aromatic heterocycles. The van der Waals surface area contributed by atoms with Gasteiger partial charge in [0.1, 0.15) is 0 Å². The number of thiophene rings is 1. The molecule has 4 heteroatoms. The third-order valence-electron chi connectivity index (χ3n) is 3.23. The fourth-order valence-electron chi connectivity index (χ4n) is 2.33. The molecule has 0 aliphatic rings. The van der Waals surface area contributed by atoms with Gasteiger partial charge >= 0.3 is 5.51 Å². The maximum atomic E-state index is 13.2. The minimum absolute atomic E-state index is 0.445. The summed E-state index contributed by atoms with van der Waals surface area (Å²) in [6.45, 7) is 2.10. The standard InChI is InChI=1S/C15H18F3S/c1-2-3-4-5-9-13-11-12-8-6-7-10-14(12)19(13)15(16,17)18/h6-8,10-11H,2-5,9H2,1H3/q+1. The van der Waals surface area contributed by atoms with Crippen molar-refractivity contribution in [3.05, 3.63) is 35.2 Å². The number of rotatable bonds is 5. The van der Waals surface area contributed by atoms with Crippen LogP contribution in [-0.2, 0) is 11.9 Å². The smallest absolute Gasteiger partial charge is 0.118 e. The van der Waals surface area contributed by atoms with E-state index in [1.54, 1.807) is 30.3 Å². The number of unbranched alkanes of at least 4 members (excludes halogenated alkanes) is 3. The Morgan fingerprint density at radius 1 is 1.05 bits per heavy atom. The van der Waals surface area contributed by atoms with E-state index in [1.165, 1.54) is 0 Å². The van der Waals surface area contributed by atoms with Crippen LogP contribution in [0, 0.1) is 0 Å². The second kappa shape index (κ2) is 5.95. The zero-order valence-electron chi connectivity index (χ0n) is 11.0. The van der Waals surface area contributed by atoms with Crippen LogP contribution >= 0.6 is 10.5 Å². The van der Waals surface area contributed by atoms with Crippen LogP contribution < -0.4 is 0 Å². The van der Waals surface area contributed by atoms with Gasteiger partial charge in [0.25, 0.3) is 0 Å². The second-order valence-electron chi connectivity index (χ2n) is 4.71. The van der Waals surface area contributed by atoms with Gasteiger partial charge in [-0.3, -0.25) is 0 Å². The summed E-state index contributed by atoms with van der Waals surface area (Å²) in [4.78, 5) is 0.560. The van der Waals surface area contributed by atoms with Crippen molar-refractivity contribution >= 4 is 20.6 Å². The molecule has 0 spiro atoms. The van der Waals surface area contributed by atoms with Gasteiger partial charge in [0, 0.05) is 17.9 Å². The Kier molecular flexibility index (Phi) is 4.50. The molecule has 0 saturated heterocycles. The average molecular weight is 287 g/mol. The highest BCUT2D eigenvalue weighted by molar-refractivity contribution is 7.38. The Bertz CT molecular complexity index is 540. The van der Waals surface area contributed by atoms with E-state index < -0.39 is 16.0 Å². The van der Waals surface area contributed by atoms with Gasteiger partial charge in [-0.25, -0.2) is 0 Å². The lowest BCUT2D eigenvalue weighted by Gasteiger charge is -2.00. The molecule has 0 aliphatic carbocycles. The van der Waals surface area contributed by atoms with Gasteiger partial charge < -0.3 is 0 Å². The maximum absolute atomic E-state index is 13.2. The van der Waals surface area contributed by atoms with E-state index in [9.17, 15) is 13.2 Å². The molecule has 0 nitrogen and oxygen atoms in total. The van der Waals surface area contributed by atoms with Gasteiger partial charge in [-0.1, -0.05) is 38.3 Å². The quantitative estimate of drug-likeness (QED) is 0.454. The van der Waals surface area contributed by atoms with E-state index in [2.05, 4.69) is 6.92 Å². The molecule has 0 radical (unpaired) electrons. The van der Waals surface area contributed by atoms with Crippen molar-refractivity contribution in [1.29, 1.82) is 0 Å². The van der Waals surface area contributed by atoms with Crippen LogP contribution in [0.3, 0.4) is 0 Å². The third-order valence-corrected chi connectivity index (χ3v) is 5.35. The summed E-state index contributed by atoms with van der Waals surface area (Å²) in [7, 11) is -1.70. The molecule has 1 aromatic carbocycles. The zero-order chi connectivity index (χ0) is 13.9.